The minimum absolute atomic E-state index is 0.243. The van der Waals surface area contributed by atoms with E-state index in [1.54, 1.807) is 0 Å². The molecule has 7 aliphatic rings. The predicted octanol–water partition coefficient (Wildman–Crippen LogP) is 4.89. The lowest BCUT2D eigenvalue weighted by molar-refractivity contribution is -0.163. The largest absolute Gasteiger partial charge is 0.463 e. The summed E-state index contributed by atoms with van der Waals surface area (Å²) in [6, 6.07) is 0. The van der Waals surface area contributed by atoms with E-state index in [9.17, 15) is 9.59 Å². The molecule has 7 aliphatic carbocycles. The number of carbonyl (C=O) groups is 2. The molecule has 6 heteroatoms. The molecule has 0 aromatic heterocycles. The van der Waals surface area contributed by atoms with Crippen molar-refractivity contribution in [2.24, 2.45) is 59.2 Å². The van der Waals surface area contributed by atoms with E-state index >= 15 is 0 Å². The van der Waals surface area contributed by atoms with Crippen LogP contribution in [0.1, 0.15) is 51.4 Å². The highest BCUT2D eigenvalue weighted by Gasteiger charge is 2.54. The molecule has 0 spiro atoms. The van der Waals surface area contributed by atoms with Gasteiger partial charge in [0.2, 0.25) is 0 Å². The van der Waals surface area contributed by atoms with Crippen molar-refractivity contribution < 1.29 is 28.5 Å². The summed E-state index contributed by atoms with van der Waals surface area (Å²) >= 11 is 0. The number of hydrogen-bond acceptors (Lipinski definition) is 6. The third kappa shape index (κ3) is 4.50. The fraction of sp³-hybridized carbons (Fsp3) is 0.750. The summed E-state index contributed by atoms with van der Waals surface area (Å²) in [6.45, 7) is 1.35. The van der Waals surface area contributed by atoms with Gasteiger partial charge in [0.1, 0.15) is 13.2 Å². The van der Waals surface area contributed by atoms with E-state index in [1.807, 2.05) is 12.2 Å². The second kappa shape index (κ2) is 10.6. The summed E-state index contributed by atoms with van der Waals surface area (Å²) in [5.74, 6) is 4.32. The number of rotatable bonds is 10. The number of hydrogen-bond donors (Lipinski definition) is 0. The summed E-state index contributed by atoms with van der Waals surface area (Å²) in [5, 5.41) is 0. The van der Waals surface area contributed by atoms with Crippen LogP contribution < -0.4 is 0 Å². The van der Waals surface area contributed by atoms with Gasteiger partial charge in [0.05, 0.1) is 37.3 Å². The third-order valence-corrected chi connectivity index (χ3v) is 11.2. The number of allylic oxidation sites excluding steroid dienone is 6. The van der Waals surface area contributed by atoms with E-state index < -0.39 is 11.8 Å². The topological polar surface area (TPSA) is 71.1 Å². The minimum atomic E-state index is -0.488. The predicted molar refractivity (Wildman–Crippen MR) is 141 cm³/mol. The van der Waals surface area contributed by atoms with Gasteiger partial charge in [-0.05, 0) is 98.7 Å². The van der Waals surface area contributed by atoms with Crippen molar-refractivity contribution >= 4 is 11.9 Å². The van der Waals surface area contributed by atoms with Gasteiger partial charge in [-0.1, -0.05) is 36.5 Å². The van der Waals surface area contributed by atoms with Crippen LogP contribution in [0.15, 0.2) is 36.5 Å². The monoisotopic (exact) mass is 522 g/mol. The zero-order chi connectivity index (χ0) is 25.6. The lowest BCUT2D eigenvalue weighted by atomic mass is 9.80. The van der Waals surface area contributed by atoms with Gasteiger partial charge in [-0.2, -0.15) is 0 Å². The smallest absolute Gasteiger partial charge is 0.310 e. The van der Waals surface area contributed by atoms with E-state index in [-0.39, 0.29) is 25.2 Å². The Hall–Kier alpha value is -1.92. The van der Waals surface area contributed by atoms with Crippen molar-refractivity contribution in [1.29, 1.82) is 0 Å². The Bertz CT molecular complexity index is 1000. The molecule has 12 unspecified atom stereocenters. The molecule has 4 saturated carbocycles. The number of fused-ring (bicyclic) bond motifs is 10. The molecular weight excluding hydrogens is 480 g/mol. The maximum atomic E-state index is 12.9. The van der Waals surface area contributed by atoms with Gasteiger partial charge in [-0.15, -0.1) is 0 Å². The first-order valence-electron chi connectivity index (χ1n) is 15.2. The first kappa shape index (κ1) is 25.1. The maximum Gasteiger partial charge on any atom is 0.310 e. The van der Waals surface area contributed by atoms with Gasteiger partial charge in [-0.25, -0.2) is 0 Å². The lowest BCUT2D eigenvalue weighted by Gasteiger charge is -2.31. The van der Waals surface area contributed by atoms with E-state index in [0.29, 0.717) is 56.0 Å². The summed E-state index contributed by atoms with van der Waals surface area (Å²) in [5.41, 5.74) is 0. The number of esters is 2. The van der Waals surface area contributed by atoms with Crippen molar-refractivity contribution in [3.63, 3.8) is 0 Å². The second-order valence-corrected chi connectivity index (χ2v) is 12.9. The molecular formula is C32H42O6. The Kier molecular flexibility index (Phi) is 6.98. The SMILES string of the molecule is O=C(OCCOC1CC2CC1C1C=CCC21)C1CC=CCC1C(=O)OCCOC1CC2CC1C1CC=CC21. The van der Waals surface area contributed by atoms with Gasteiger partial charge >= 0.3 is 11.9 Å². The molecule has 0 N–H and O–H groups in total. The fourth-order valence-electron chi connectivity index (χ4n) is 9.60. The highest BCUT2D eigenvalue weighted by atomic mass is 16.6. The molecule has 0 aromatic carbocycles. The molecule has 4 bridgehead atoms. The summed E-state index contributed by atoms with van der Waals surface area (Å²) in [6.07, 6.45) is 22.3. The Labute approximate surface area is 226 Å². The Morgan fingerprint density at radius 1 is 0.553 bits per heavy atom. The molecule has 0 amide bonds. The van der Waals surface area contributed by atoms with Crippen molar-refractivity contribution in [3.8, 4) is 0 Å². The van der Waals surface area contributed by atoms with Gasteiger partial charge in [-0.3, -0.25) is 9.59 Å². The molecule has 0 aliphatic heterocycles. The zero-order valence-electron chi connectivity index (χ0n) is 22.3. The summed E-state index contributed by atoms with van der Waals surface area (Å²) < 4.78 is 23.5. The molecule has 7 rings (SSSR count). The van der Waals surface area contributed by atoms with Gasteiger partial charge in [0.25, 0.3) is 0 Å². The molecule has 6 nitrogen and oxygen atoms in total. The second-order valence-electron chi connectivity index (χ2n) is 12.9. The molecule has 4 fully saturated rings. The average Bonchev–Trinajstić information content (AvgIpc) is 3.76. The van der Waals surface area contributed by atoms with Crippen LogP contribution in [0, 0.1) is 59.2 Å². The van der Waals surface area contributed by atoms with Crippen molar-refractivity contribution in [2.45, 2.75) is 63.6 Å². The Morgan fingerprint density at radius 3 is 1.84 bits per heavy atom. The molecule has 0 saturated heterocycles. The number of ether oxygens (including phenoxy) is 4. The van der Waals surface area contributed by atoms with E-state index in [2.05, 4.69) is 24.3 Å². The normalized spacial score (nSPS) is 45.1. The molecule has 206 valence electrons. The molecule has 0 radical (unpaired) electrons. The van der Waals surface area contributed by atoms with Gasteiger partial charge < -0.3 is 18.9 Å². The van der Waals surface area contributed by atoms with Gasteiger partial charge in [0, 0.05) is 0 Å². The zero-order valence-corrected chi connectivity index (χ0v) is 22.3. The van der Waals surface area contributed by atoms with Gasteiger partial charge in [0.15, 0.2) is 0 Å². The fourth-order valence-corrected chi connectivity index (χ4v) is 9.60. The van der Waals surface area contributed by atoms with Crippen LogP contribution in [0.4, 0.5) is 0 Å². The Morgan fingerprint density at radius 2 is 1.13 bits per heavy atom. The van der Waals surface area contributed by atoms with Crippen LogP contribution in [0.2, 0.25) is 0 Å². The molecule has 12 atom stereocenters. The molecule has 0 heterocycles. The first-order valence-corrected chi connectivity index (χ1v) is 15.2. The summed E-state index contributed by atoms with van der Waals surface area (Å²) in [4.78, 5) is 25.8. The molecule has 38 heavy (non-hydrogen) atoms. The third-order valence-electron chi connectivity index (χ3n) is 11.2. The van der Waals surface area contributed by atoms with E-state index in [4.69, 9.17) is 18.9 Å². The minimum Gasteiger partial charge on any atom is -0.463 e. The Balaban J connectivity index is 0.819. The van der Waals surface area contributed by atoms with Crippen molar-refractivity contribution in [2.75, 3.05) is 26.4 Å². The highest BCUT2D eigenvalue weighted by molar-refractivity contribution is 5.82. The molecule has 0 aromatic rings. The van der Waals surface area contributed by atoms with Crippen LogP contribution in [0.3, 0.4) is 0 Å². The van der Waals surface area contributed by atoms with Crippen molar-refractivity contribution in [3.05, 3.63) is 36.5 Å². The van der Waals surface area contributed by atoms with E-state index in [0.717, 1.165) is 42.4 Å². The maximum absolute atomic E-state index is 12.9. The van der Waals surface area contributed by atoms with Crippen LogP contribution >= 0.6 is 0 Å². The van der Waals surface area contributed by atoms with Crippen LogP contribution in [0.5, 0.6) is 0 Å². The van der Waals surface area contributed by atoms with E-state index in [1.165, 1.54) is 25.7 Å². The quantitative estimate of drug-likeness (QED) is 0.231. The van der Waals surface area contributed by atoms with Crippen LogP contribution in [-0.4, -0.2) is 50.6 Å². The van der Waals surface area contributed by atoms with Crippen LogP contribution in [0.25, 0.3) is 0 Å². The average molecular weight is 523 g/mol. The summed E-state index contributed by atoms with van der Waals surface area (Å²) in [7, 11) is 0. The highest BCUT2D eigenvalue weighted by Crippen LogP contribution is 2.58. The first-order chi connectivity index (χ1) is 18.7. The number of carbonyl (C=O) groups excluding carboxylic acids is 2. The lowest BCUT2D eigenvalue weighted by Crippen LogP contribution is -2.35. The van der Waals surface area contributed by atoms with Crippen molar-refractivity contribution in [1.82, 2.24) is 0 Å². The standard InChI is InChI=1S/C32H42O6/c33-31(37-13-11-35-29-17-19-15-27(29)23-9-3-7-21(19)23)25-5-1-2-6-26(25)32(34)38-14-12-36-30-18-20-16-28(30)24-10-4-8-22(20)24/h1-4,7,10,19-30H,5-6,8-9,11-18H2. The van der Waals surface area contributed by atoms with Crippen LogP contribution in [-0.2, 0) is 28.5 Å².